The lowest BCUT2D eigenvalue weighted by Gasteiger charge is -2.54. The second-order valence-electron chi connectivity index (χ2n) is 25.6. The molecule has 6 aliphatic rings. The number of nitrogens with one attached hydrogen (secondary N) is 1. The molecule has 0 aromatic heterocycles. The number of nitrogens with zero attached hydrogens (tertiary/aromatic N) is 4. The Kier molecular flexibility index (Phi) is 31.9. The number of carboxylic acids is 1. The maximum Gasteiger partial charge on any atom is 0.421 e. The first-order valence-corrected chi connectivity index (χ1v) is 45.0. The summed E-state index contributed by atoms with van der Waals surface area (Å²) in [6.07, 6.45) is 7.88. The maximum absolute atomic E-state index is 13.7. The van der Waals surface area contributed by atoms with Crippen molar-refractivity contribution >= 4 is 131 Å². The van der Waals surface area contributed by atoms with Crippen LogP contribution in [0.1, 0.15) is 164 Å². The summed E-state index contributed by atoms with van der Waals surface area (Å²) in [6, 6.07) is 30.4. The molecule has 0 spiro atoms. The molecule has 2 N–H and O–H groups in total. The molecule has 92 heavy (non-hydrogen) atoms. The van der Waals surface area contributed by atoms with Gasteiger partial charge >= 0.3 is 31.2 Å². The van der Waals surface area contributed by atoms with E-state index in [4.69, 9.17) is 61.0 Å². The van der Waals surface area contributed by atoms with E-state index in [9.17, 15) is 28.8 Å². The number of rotatable bonds is 14. The molecule has 4 aromatic rings. The number of ether oxygens (including phenoxy) is 2. The zero-order valence-electron chi connectivity index (χ0n) is 54.1. The van der Waals surface area contributed by atoms with Crippen molar-refractivity contribution in [2.45, 2.75) is 170 Å². The van der Waals surface area contributed by atoms with Gasteiger partial charge in [0.05, 0.1) is 51.8 Å². The lowest BCUT2D eigenvalue weighted by atomic mass is 9.54. The van der Waals surface area contributed by atoms with Crippen LogP contribution in [0.3, 0.4) is 0 Å². The summed E-state index contributed by atoms with van der Waals surface area (Å²) in [7, 11) is 0. The van der Waals surface area contributed by atoms with Crippen molar-refractivity contribution in [3.8, 4) is 35.5 Å². The fourth-order valence-corrected chi connectivity index (χ4v) is 13.4. The van der Waals surface area contributed by atoms with Crippen molar-refractivity contribution < 1.29 is 56.6 Å². The first kappa shape index (κ1) is 78.0. The van der Waals surface area contributed by atoms with Crippen molar-refractivity contribution in [2.24, 2.45) is 41.4 Å². The van der Waals surface area contributed by atoms with Crippen molar-refractivity contribution in [1.82, 2.24) is 15.3 Å². The largest absolute Gasteiger partial charge is 0.481 e. The van der Waals surface area contributed by atoms with Gasteiger partial charge in [-0.05, 0) is 195 Å². The number of halogens is 7. The van der Waals surface area contributed by atoms with Gasteiger partial charge in [0.2, 0.25) is 17.7 Å². The van der Waals surface area contributed by atoms with Crippen molar-refractivity contribution in [3.05, 3.63) is 128 Å². The summed E-state index contributed by atoms with van der Waals surface area (Å²) < 4.78 is 10.4. The third-order valence-corrected chi connectivity index (χ3v) is 17.5. The summed E-state index contributed by atoms with van der Waals surface area (Å²) in [5.74, 6) is 14.9. The molecule has 4 aromatic carbocycles. The minimum Gasteiger partial charge on any atom is -0.481 e. The van der Waals surface area contributed by atoms with Crippen LogP contribution in [-0.2, 0) is 38.2 Å². The van der Waals surface area contributed by atoms with E-state index in [0.717, 1.165) is 40.8 Å². The molecule has 2 aliphatic heterocycles. The van der Waals surface area contributed by atoms with Gasteiger partial charge < -0.3 is 19.9 Å². The number of benzene rings is 4. The van der Waals surface area contributed by atoms with Crippen LogP contribution in [0.5, 0.6) is 0 Å². The first-order valence-electron chi connectivity index (χ1n) is 30.9. The second-order valence-corrected chi connectivity index (χ2v) is 43.4. The Hall–Kier alpha value is -4.67. The lowest BCUT2D eigenvalue weighted by Crippen LogP contribution is -3.46. The number of carbonyl (C=O) groups excluding carboxylic acids is 5. The van der Waals surface area contributed by atoms with Crippen LogP contribution in [0.4, 0.5) is 11.4 Å². The lowest BCUT2D eigenvalue weighted by molar-refractivity contribution is -0.162. The van der Waals surface area contributed by atoms with Gasteiger partial charge in [0.25, 0.3) is 37.2 Å². The van der Waals surface area contributed by atoms with Crippen molar-refractivity contribution in [3.63, 3.8) is 0 Å². The molecular formula is C71H85Cl4I3N5O9+. The average molecular weight is 1680 g/mol. The van der Waals surface area contributed by atoms with E-state index in [-0.39, 0.29) is 61.1 Å². The molecule has 0 radical (unpaired) electrons. The zero-order chi connectivity index (χ0) is 68.0. The minimum absolute atomic E-state index is 0.0111. The number of carboxylic acid groups (broad SMARTS) is 1. The molecule has 5 unspecified atom stereocenters. The van der Waals surface area contributed by atoms with E-state index in [0.29, 0.717) is 64.7 Å². The quantitative estimate of drug-likeness (QED) is 0.0701. The predicted molar refractivity (Wildman–Crippen MR) is 381 cm³/mol. The maximum atomic E-state index is 13.7. The van der Waals surface area contributed by atoms with Gasteiger partial charge in [-0.15, -0.1) is 0 Å². The molecular weight excluding hydrogens is 1590 g/mol. The zero-order valence-corrected chi connectivity index (χ0v) is 63.6. The molecule has 6 fully saturated rings. The molecule has 10 rings (SSSR count). The molecule has 4 saturated carbocycles. The number of esters is 2. The topological polar surface area (TPSA) is 166 Å². The molecule has 21 heteroatoms. The Morgan fingerprint density at radius 3 is 1.25 bits per heavy atom. The number of para-hydroxylation sites is 2. The van der Waals surface area contributed by atoms with Gasteiger partial charge in [-0.25, -0.2) is 0 Å². The first-order chi connectivity index (χ1) is 43.5. The normalized spacial score (nSPS) is 20.8. The van der Waals surface area contributed by atoms with E-state index >= 15 is 0 Å². The highest BCUT2D eigenvalue weighted by molar-refractivity contribution is 14.2. The molecule has 5 atom stereocenters. The standard InChI is InChI=1S/C30H35Cl2N3O2.C24H28Cl2N2O3.C9H16O4.C8H6.I3/c1-18(30(37)33-29-21-14-19-13-20(16-21)17-22(29)15-19)12-28(36)34-11-10-26(23-6-2-3-7-24(23)31)35(34)27-9-5-4-8-25(27)32;1-16(23(30)31-24(2,3)4)15-22(29)27-14-13-20(17-9-5-6-10-18(17)25)28(27)21-12-8-7-11-19(21)26;1-6(5-7(10)11)8(12)13-9(2,3)4;1-3-5-7-8-6-4-2;1-3-2/h2-9,18-22,26,29H,10-17H2,1H3,(H,33,37);5-12,16,20H,13-15H2,1-4H3;6H,5H2,1-4H3,(H,10,11);1-2H3;/q;;;;+1. The molecule has 496 valence electrons. The van der Waals surface area contributed by atoms with Crippen LogP contribution in [0, 0.1) is 76.9 Å². The van der Waals surface area contributed by atoms with Crippen LogP contribution < -0.4 is 28.6 Å². The average Bonchev–Trinajstić information content (AvgIpc) is 1.44. The molecule has 3 amide bonds. The Labute approximate surface area is 594 Å². The highest BCUT2D eigenvalue weighted by Gasteiger charge is 2.49. The van der Waals surface area contributed by atoms with E-state index in [1.807, 2.05) is 129 Å². The van der Waals surface area contributed by atoms with Gasteiger partial charge in [-0.1, -0.05) is 140 Å². The van der Waals surface area contributed by atoms with E-state index < -0.39 is 40.9 Å². The molecule has 14 nitrogen and oxygen atoms in total. The molecule has 2 heterocycles. The van der Waals surface area contributed by atoms with Crippen molar-refractivity contribution in [2.75, 3.05) is 23.1 Å². The van der Waals surface area contributed by atoms with Gasteiger partial charge in [-0.2, -0.15) is 0 Å². The molecule has 4 bridgehead atoms. The third kappa shape index (κ3) is 23.6. The van der Waals surface area contributed by atoms with E-state index in [2.05, 4.69) is 78.1 Å². The Balaban J connectivity index is 0.000000250. The Morgan fingerprint density at radius 2 is 0.902 bits per heavy atom. The summed E-state index contributed by atoms with van der Waals surface area (Å²) in [5, 5.41) is 21.6. The SMILES string of the molecule is CC#CC#CC#CC.CC(CC(=O)N1CCC(c2ccccc2Cl)N1c1ccccc1Cl)C(=O)NC1C2CC3CC(C2)CC1C3.CC(CC(=O)N1CCC(c2ccccc2Cl)N1c1ccccc1Cl)C(=O)OC(C)(C)C.CC(CC(=O)O)C(=O)OC(C)(C)C.I[I+]I. The van der Waals surface area contributed by atoms with Crippen LogP contribution in [0.2, 0.25) is 20.1 Å². The van der Waals surface area contributed by atoms with Crippen LogP contribution in [0.15, 0.2) is 97.1 Å². The van der Waals surface area contributed by atoms with Gasteiger partial charge in [0, 0.05) is 47.9 Å². The second kappa shape index (κ2) is 37.6. The van der Waals surface area contributed by atoms with Gasteiger partial charge in [0.15, 0.2) is 0 Å². The van der Waals surface area contributed by atoms with Gasteiger partial charge in [-0.3, -0.25) is 48.8 Å². The summed E-state index contributed by atoms with van der Waals surface area (Å²) in [5.41, 5.74) is 2.24. The van der Waals surface area contributed by atoms with Crippen LogP contribution >= 0.6 is 83.6 Å². The van der Waals surface area contributed by atoms with Crippen LogP contribution in [0.25, 0.3) is 0 Å². The Morgan fingerprint density at radius 1 is 0.554 bits per heavy atom. The number of hydrogen-bond acceptors (Lipinski definition) is 10. The minimum atomic E-state index is -0.988. The number of hydrogen-bond donors (Lipinski definition) is 2. The van der Waals surface area contributed by atoms with Crippen LogP contribution in [-0.4, -0.2) is 81.1 Å². The number of amides is 3. The van der Waals surface area contributed by atoms with Gasteiger partial charge in [0.1, 0.15) is 11.2 Å². The number of anilines is 2. The molecule has 4 aliphatic carbocycles. The van der Waals surface area contributed by atoms with Crippen molar-refractivity contribution in [1.29, 1.82) is 0 Å². The van der Waals surface area contributed by atoms with E-state index in [1.165, 1.54) is 32.1 Å². The smallest absolute Gasteiger partial charge is 0.421 e. The van der Waals surface area contributed by atoms with E-state index in [1.54, 1.807) is 64.6 Å². The number of aliphatic carboxylic acids is 1. The number of hydrazine groups is 2. The third-order valence-electron chi connectivity index (χ3n) is 16.1. The highest BCUT2D eigenvalue weighted by Crippen LogP contribution is 2.54. The fraction of sp³-hybridized carbons (Fsp3) is 0.493. The highest BCUT2D eigenvalue weighted by atomic mass is 128. The summed E-state index contributed by atoms with van der Waals surface area (Å²) in [4.78, 5) is 74.1. The Bertz CT molecular complexity index is 3330. The summed E-state index contributed by atoms with van der Waals surface area (Å²) >= 11 is 31.5. The number of carbonyl (C=O) groups is 6. The predicted octanol–water partition coefficient (Wildman–Crippen LogP) is 14.0. The summed E-state index contributed by atoms with van der Waals surface area (Å²) in [6.45, 7) is 20.4. The molecule has 2 saturated heterocycles. The fourth-order valence-electron chi connectivity index (χ4n) is 12.4. The monoisotopic (exact) mass is 1670 g/mol.